The second kappa shape index (κ2) is 9.46. The molecule has 1 aromatic carbocycles. The van der Waals surface area contributed by atoms with Crippen molar-refractivity contribution < 1.29 is 4.79 Å². The number of nitrogens with zero attached hydrogens (tertiary/aromatic N) is 2. The van der Waals surface area contributed by atoms with E-state index in [-0.39, 0.29) is 12.5 Å². The molecule has 0 N–H and O–H groups in total. The van der Waals surface area contributed by atoms with Gasteiger partial charge in [0.2, 0.25) is 5.91 Å². The predicted molar refractivity (Wildman–Crippen MR) is 82.6 cm³/mol. The van der Waals surface area contributed by atoms with Crippen LogP contribution in [0, 0.1) is 18.3 Å². The molecule has 1 aromatic rings. The van der Waals surface area contributed by atoms with E-state index in [1.54, 1.807) is 4.90 Å². The molecule has 1 heterocycles. The number of hydrogen-bond acceptors (Lipinski definition) is 3. The van der Waals surface area contributed by atoms with Crippen molar-refractivity contribution in [3.63, 3.8) is 0 Å². The number of carbonyl (C=O) groups excluding carboxylic acids is 1. The molecule has 1 amide bonds. The Kier molecular flexibility index (Phi) is 8.73. The third kappa shape index (κ3) is 4.60. The van der Waals surface area contributed by atoms with Gasteiger partial charge in [-0.3, -0.25) is 9.69 Å². The van der Waals surface area contributed by atoms with E-state index in [2.05, 4.69) is 0 Å². The molecule has 0 aliphatic carbocycles. The van der Waals surface area contributed by atoms with E-state index in [1.807, 2.05) is 58.9 Å². The molecule has 0 radical (unpaired) electrons. The van der Waals surface area contributed by atoms with Crippen molar-refractivity contribution in [2.75, 3.05) is 17.2 Å². The smallest absolute Gasteiger partial charge is 0.238 e. The molecule has 2 rings (SSSR count). The molecule has 3 nitrogen and oxygen atoms in total. The average Bonchev–Trinajstić information content (AvgIpc) is 2.46. The van der Waals surface area contributed by atoms with E-state index < -0.39 is 0 Å². The highest BCUT2D eigenvalue weighted by molar-refractivity contribution is 8.00. The first-order valence-corrected chi connectivity index (χ1v) is 7.61. The SMILES string of the molecule is CC.CC.Cc1ccc2c(c1)N(CC#N)C(=O)CS2. The summed E-state index contributed by atoms with van der Waals surface area (Å²) >= 11 is 1.53. The first kappa shape index (κ1) is 17.5. The lowest BCUT2D eigenvalue weighted by atomic mass is 10.2. The Morgan fingerprint density at radius 1 is 1.32 bits per heavy atom. The highest BCUT2D eigenvalue weighted by atomic mass is 32.2. The lowest BCUT2D eigenvalue weighted by Crippen LogP contribution is -2.35. The zero-order chi connectivity index (χ0) is 14.8. The van der Waals surface area contributed by atoms with Crippen LogP contribution in [-0.2, 0) is 4.79 Å². The summed E-state index contributed by atoms with van der Waals surface area (Å²) in [6.45, 7) is 10.1. The van der Waals surface area contributed by atoms with Crippen molar-refractivity contribution in [2.45, 2.75) is 39.5 Å². The molecule has 0 saturated heterocycles. The number of rotatable bonds is 1. The van der Waals surface area contributed by atoms with E-state index in [1.165, 1.54) is 11.8 Å². The second-order valence-electron chi connectivity index (χ2n) is 3.40. The minimum Gasteiger partial charge on any atom is -0.297 e. The largest absolute Gasteiger partial charge is 0.297 e. The molecule has 0 bridgehead atoms. The van der Waals surface area contributed by atoms with Gasteiger partial charge in [0.15, 0.2) is 0 Å². The Hall–Kier alpha value is -1.47. The summed E-state index contributed by atoms with van der Waals surface area (Å²) < 4.78 is 0. The molecule has 0 unspecified atom stereocenters. The molecule has 1 aliphatic heterocycles. The maximum atomic E-state index is 11.6. The van der Waals surface area contributed by atoms with Crippen LogP contribution in [0.25, 0.3) is 0 Å². The Bertz CT molecular complexity index is 452. The van der Waals surface area contributed by atoms with Crippen LogP contribution in [0.15, 0.2) is 23.1 Å². The quantitative estimate of drug-likeness (QED) is 0.729. The van der Waals surface area contributed by atoms with Gasteiger partial charge in [0, 0.05) is 4.90 Å². The number of fused-ring (bicyclic) bond motifs is 1. The van der Waals surface area contributed by atoms with E-state index in [0.29, 0.717) is 5.75 Å². The molecule has 19 heavy (non-hydrogen) atoms. The summed E-state index contributed by atoms with van der Waals surface area (Å²) in [7, 11) is 0. The molecule has 0 atom stereocenters. The zero-order valence-electron chi connectivity index (χ0n) is 12.4. The number of benzene rings is 1. The molecule has 0 fully saturated rings. The number of nitriles is 1. The van der Waals surface area contributed by atoms with Crippen molar-refractivity contribution in [1.82, 2.24) is 0 Å². The summed E-state index contributed by atoms with van der Waals surface area (Å²) in [5, 5.41) is 8.68. The van der Waals surface area contributed by atoms with Crippen molar-refractivity contribution >= 4 is 23.4 Å². The van der Waals surface area contributed by atoms with Gasteiger partial charge in [-0.25, -0.2) is 0 Å². The molecule has 0 saturated carbocycles. The van der Waals surface area contributed by atoms with Gasteiger partial charge in [-0.2, -0.15) is 5.26 Å². The third-order valence-electron chi connectivity index (χ3n) is 2.29. The van der Waals surface area contributed by atoms with Gasteiger partial charge in [-0.1, -0.05) is 33.8 Å². The van der Waals surface area contributed by atoms with Gasteiger partial charge in [0.1, 0.15) is 6.54 Å². The summed E-state index contributed by atoms with van der Waals surface area (Å²) in [6.07, 6.45) is 0. The minimum atomic E-state index is 0.0136. The predicted octanol–water partition coefficient (Wildman–Crippen LogP) is 4.01. The molecular weight excluding hydrogens is 256 g/mol. The first-order chi connectivity index (χ1) is 9.22. The second-order valence-corrected chi connectivity index (χ2v) is 4.42. The van der Waals surface area contributed by atoms with Crippen LogP contribution in [0.1, 0.15) is 33.3 Å². The van der Waals surface area contributed by atoms with Crippen LogP contribution < -0.4 is 4.90 Å². The van der Waals surface area contributed by atoms with E-state index >= 15 is 0 Å². The average molecular weight is 278 g/mol. The fourth-order valence-electron chi connectivity index (χ4n) is 1.56. The number of aryl methyl sites for hydroxylation is 1. The lowest BCUT2D eigenvalue weighted by Gasteiger charge is -2.27. The van der Waals surface area contributed by atoms with Crippen LogP contribution in [0.3, 0.4) is 0 Å². The van der Waals surface area contributed by atoms with Crippen molar-refractivity contribution in [2.24, 2.45) is 0 Å². The number of hydrogen-bond donors (Lipinski definition) is 0. The summed E-state index contributed by atoms with van der Waals surface area (Å²) in [5.74, 6) is 0.442. The highest BCUT2D eigenvalue weighted by Crippen LogP contribution is 2.35. The number of amides is 1. The van der Waals surface area contributed by atoms with Crippen LogP contribution in [-0.4, -0.2) is 18.2 Å². The highest BCUT2D eigenvalue weighted by Gasteiger charge is 2.24. The van der Waals surface area contributed by atoms with Gasteiger partial charge in [-0.05, 0) is 24.6 Å². The summed E-state index contributed by atoms with van der Waals surface area (Å²) in [5.41, 5.74) is 1.98. The maximum absolute atomic E-state index is 11.6. The fourth-order valence-corrected chi connectivity index (χ4v) is 2.47. The molecule has 0 spiro atoms. The number of carbonyl (C=O) groups is 1. The Morgan fingerprint density at radius 3 is 2.53 bits per heavy atom. The maximum Gasteiger partial charge on any atom is 0.238 e. The van der Waals surface area contributed by atoms with Crippen LogP contribution >= 0.6 is 11.8 Å². The van der Waals surface area contributed by atoms with Crippen molar-refractivity contribution in [1.29, 1.82) is 5.26 Å². The number of thioether (sulfide) groups is 1. The van der Waals surface area contributed by atoms with Gasteiger partial charge < -0.3 is 0 Å². The first-order valence-electron chi connectivity index (χ1n) is 6.63. The molecular formula is C15H22N2OS. The normalized spacial score (nSPS) is 12.2. The topological polar surface area (TPSA) is 44.1 Å². The van der Waals surface area contributed by atoms with Gasteiger partial charge >= 0.3 is 0 Å². The van der Waals surface area contributed by atoms with Gasteiger partial charge in [0.25, 0.3) is 0 Å². The molecule has 104 valence electrons. The Balaban J connectivity index is 0.000000741. The van der Waals surface area contributed by atoms with Gasteiger partial charge in [-0.15, -0.1) is 11.8 Å². The van der Waals surface area contributed by atoms with E-state index in [9.17, 15) is 4.79 Å². The van der Waals surface area contributed by atoms with Crippen LogP contribution in [0.5, 0.6) is 0 Å². The standard InChI is InChI=1S/C11H10N2OS.2C2H6/c1-8-2-3-10-9(6-8)13(5-4-12)11(14)7-15-10;2*1-2/h2-3,6H,5,7H2,1H3;2*1-2H3. The lowest BCUT2D eigenvalue weighted by molar-refractivity contribution is -0.116. The minimum absolute atomic E-state index is 0.0136. The molecule has 4 heteroatoms. The fraction of sp³-hybridized carbons (Fsp3) is 0.467. The molecule has 1 aliphatic rings. The Morgan fingerprint density at radius 2 is 1.95 bits per heavy atom. The van der Waals surface area contributed by atoms with Crippen LogP contribution in [0.2, 0.25) is 0 Å². The Labute approximate surface area is 120 Å². The summed E-state index contributed by atoms with van der Waals surface area (Å²) in [4.78, 5) is 14.2. The third-order valence-corrected chi connectivity index (χ3v) is 3.33. The van der Waals surface area contributed by atoms with Crippen molar-refractivity contribution in [3.05, 3.63) is 23.8 Å². The number of anilines is 1. The molecule has 0 aromatic heterocycles. The monoisotopic (exact) mass is 278 g/mol. The van der Waals surface area contributed by atoms with Crippen molar-refractivity contribution in [3.8, 4) is 6.07 Å². The van der Waals surface area contributed by atoms with Gasteiger partial charge in [0.05, 0.1) is 17.5 Å². The zero-order valence-corrected chi connectivity index (χ0v) is 13.2. The van der Waals surface area contributed by atoms with E-state index in [4.69, 9.17) is 5.26 Å². The summed E-state index contributed by atoms with van der Waals surface area (Å²) in [6, 6.07) is 8.01. The van der Waals surface area contributed by atoms with E-state index in [0.717, 1.165) is 16.1 Å². The van der Waals surface area contributed by atoms with Crippen LogP contribution in [0.4, 0.5) is 5.69 Å².